The van der Waals surface area contributed by atoms with Gasteiger partial charge in [0.05, 0.1) is 0 Å². The molecule has 0 unspecified atom stereocenters. The summed E-state index contributed by atoms with van der Waals surface area (Å²) < 4.78 is 1.05. The van der Waals surface area contributed by atoms with Crippen molar-refractivity contribution in [1.82, 2.24) is 4.98 Å². The lowest BCUT2D eigenvalue weighted by Crippen LogP contribution is -2.28. The van der Waals surface area contributed by atoms with Gasteiger partial charge in [-0.3, -0.25) is 0 Å². The summed E-state index contributed by atoms with van der Waals surface area (Å²) in [5.74, 6) is 1.14. The van der Waals surface area contributed by atoms with E-state index in [0.29, 0.717) is 13.0 Å². The highest BCUT2D eigenvalue weighted by molar-refractivity contribution is 9.10. The minimum atomic E-state index is 0.227. The van der Waals surface area contributed by atoms with Crippen LogP contribution in [0.25, 0.3) is 10.8 Å². The number of pyridine rings is 1. The summed E-state index contributed by atoms with van der Waals surface area (Å²) in [5, 5.41) is 13.8. The van der Waals surface area contributed by atoms with Gasteiger partial charge in [0.2, 0.25) is 0 Å². The predicted molar refractivity (Wildman–Crippen MR) is 85.4 cm³/mol. The van der Waals surface area contributed by atoms with E-state index in [0.717, 1.165) is 27.6 Å². The molecular formula is C14H17BrN4O. The molecule has 0 aliphatic carbocycles. The van der Waals surface area contributed by atoms with Crippen molar-refractivity contribution in [2.75, 3.05) is 18.0 Å². The topological polar surface area (TPSA) is 74.7 Å². The normalized spacial score (nSPS) is 11.8. The van der Waals surface area contributed by atoms with Crippen LogP contribution >= 0.6 is 15.9 Å². The molecule has 1 aromatic heterocycles. The molecule has 0 fully saturated rings. The minimum absolute atomic E-state index is 0.227. The van der Waals surface area contributed by atoms with Gasteiger partial charge in [0.15, 0.2) is 0 Å². The highest BCUT2D eigenvalue weighted by Gasteiger charge is 2.11. The van der Waals surface area contributed by atoms with Gasteiger partial charge in [0.25, 0.3) is 0 Å². The lowest BCUT2D eigenvalue weighted by Gasteiger charge is -2.23. The number of hydrogen-bond donors (Lipinski definition) is 2. The Morgan fingerprint density at radius 2 is 2.20 bits per heavy atom. The van der Waals surface area contributed by atoms with Crippen LogP contribution in [0, 0.1) is 0 Å². The fourth-order valence-corrected chi connectivity index (χ4v) is 2.62. The maximum absolute atomic E-state index is 8.62. The Hall–Kier alpha value is -1.82. The number of amidine groups is 1. The van der Waals surface area contributed by atoms with Gasteiger partial charge in [-0.05, 0) is 19.1 Å². The zero-order valence-corrected chi connectivity index (χ0v) is 12.8. The van der Waals surface area contributed by atoms with Crippen molar-refractivity contribution < 1.29 is 5.21 Å². The molecule has 0 saturated heterocycles. The molecule has 20 heavy (non-hydrogen) atoms. The SMILES string of the molecule is CCN(CC/C(N)=N/O)c1nccc2c(Br)cccc12. The van der Waals surface area contributed by atoms with E-state index in [1.54, 1.807) is 6.20 Å². The molecule has 0 atom stereocenters. The van der Waals surface area contributed by atoms with Crippen molar-refractivity contribution in [3.05, 3.63) is 34.9 Å². The number of hydrogen-bond acceptors (Lipinski definition) is 4. The van der Waals surface area contributed by atoms with Gasteiger partial charge in [-0.15, -0.1) is 0 Å². The molecule has 0 aliphatic rings. The summed E-state index contributed by atoms with van der Waals surface area (Å²) in [6, 6.07) is 8.04. The molecule has 106 valence electrons. The third-order valence-electron chi connectivity index (χ3n) is 3.18. The number of fused-ring (bicyclic) bond motifs is 1. The van der Waals surface area contributed by atoms with E-state index in [-0.39, 0.29) is 5.84 Å². The monoisotopic (exact) mass is 336 g/mol. The van der Waals surface area contributed by atoms with Crippen molar-refractivity contribution in [3.63, 3.8) is 0 Å². The molecule has 0 bridgehead atoms. The number of nitrogens with two attached hydrogens (primary N) is 1. The van der Waals surface area contributed by atoms with Gasteiger partial charge in [-0.25, -0.2) is 4.98 Å². The first-order chi connectivity index (χ1) is 9.67. The third kappa shape index (κ3) is 3.01. The molecule has 2 aromatic rings. The van der Waals surface area contributed by atoms with Gasteiger partial charge in [0, 0.05) is 41.0 Å². The van der Waals surface area contributed by atoms with Crippen molar-refractivity contribution in [3.8, 4) is 0 Å². The lowest BCUT2D eigenvalue weighted by molar-refractivity contribution is 0.317. The second-order valence-corrected chi connectivity index (χ2v) is 5.24. The van der Waals surface area contributed by atoms with Crippen LogP contribution in [0.4, 0.5) is 5.82 Å². The Morgan fingerprint density at radius 1 is 1.40 bits per heavy atom. The first kappa shape index (κ1) is 14.6. The summed E-state index contributed by atoms with van der Waals surface area (Å²) in [5.41, 5.74) is 5.54. The number of aromatic nitrogens is 1. The molecule has 0 saturated carbocycles. The average Bonchev–Trinajstić information content (AvgIpc) is 2.48. The molecule has 1 heterocycles. The maximum atomic E-state index is 8.62. The molecule has 6 heteroatoms. The van der Waals surface area contributed by atoms with Crippen LogP contribution in [-0.2, 0) is 0 Å². The van der Waals surface area contributed by atoms with Gasteiger partial charge in [0.1, 0.15) is 11.7 Å². The largest absolute Gasteiger partial charge is 0.409 e. The smallest absolute Gasteiger partial charge is 0.140 e. The third-order valence-corrected chi connectivity index (χ3v) is 3.87. The molecule has 2 rings (SSSR count). The number of nitrogens with zero attached hydrogens (tertiary/aromatic N) is 3. The van der Waals surface area contributed by atoms with E-state index in [1.807, 2.05) is 18.2 Å². The molecule has 0 amide bonds. The van der Waals surface area contributed by atoms with E-state index >= 15 is 0 Å². The van der Waals surface area contributed by atoms with Crippen molar-refractivity contribution >= 4 is 38.4 Å². The Balaban J connectivity index is 2.37. The van der Waals surface area contributed by atoms with Crippen molar-refractivity contribution in [2.24, 2.45) is 10.9 Å². The summed E-state index contributed by atoms with van der Waals surface area (Å²) in [6.45, 7) is 3.52. The quantitative estimate of drug-likeness (QED) is 0.381. The van der Waals surface area contributed by atoms with Crippen LogP contribution in [0.2, 0.25) is 0 Å². The molecular weight excluding hydrogens is 320 g/mol. The second kappa shape index (κ2) is 6.56. The van der Waals surface area contributed by atoms with E-state index in [2.05, 4.69) is 44.0 Å². The number of anilines is 1. The van der Waals surface area contributed by atoms with Crippen LogP contribution < -0.4 is 10.6 Å². The number of oxime groups is 1. The summed E-state index contributed by atoms with van der Waals surface area (Å²) in [4.78, 5) is 6.60. The molecule has 5 nitrogen and oxygen atoms in total. The van der Waals surface area contributed by atoms with Crippen molar-refractivity contribution in [2.45, 2.75) is 13.3 Å². The Kier molecular flexibility index (Phi) is 4.79. The van der Waals surface area contributed by atoms with Crippen LogP contribution in [0.15, 0.2) is 40.1 Å². The number of rotatable bonds is 5. The first-order valence-electron chi connectivity index (χ1n) is 6.42. The fourth-order valence-electron chi connectivity index (χ4n) is 2.12. The van der Waals surface area contributed by atoms with Crippen LogP contribution in [0.3, 0.4) is 0 Å². The molecule has 3 N–H and O–H groups in total. The highest BCUT2D eigenvalue weighted by Crippen LogP contribution is 2.29. The van der Waals surface area contributed by atoms with Crippen LogP contribution in [0.5, 0.6) is 0 Å². The van der Waals surface area contributed by atoms with E-state index in [1.165, 1.54) is 0 Å². The Morgan fingerprint density at radius 3 is 2.90 bits per heavy atom. The predicted octanol–water partition coefficient (Wildman–Crippen LogP) is 2.96. The van der Waals surface area contributed by atoms with E-state index < -0.39 is 0 Å². The average molecular weight is 337 g/mol. The zero-order valence-electron chi connectivity index (χ0n) is 11.3. The molecule has 0 spiro atoms. The standard InChI is InChI=1S/C14H17BrN4O/c1-2-19(9-7-13(16)18-20)14-11-4-3-5-12(15)10(11)6-8-17-14/h3-6,8,20H,2,7,9H2,1H3,(H2,16,18). The van der Waals surface area contributed by atoms with Gasteiger partial charge < -0.3 is 15.8 Å². The fraction of sp³-hybridized carbons (Fsp3) is 0.286. The first-order valence-corrected chi connectivity index (χ1v) is 7.21. The van der Waals surface area contributed by atoms with Crippen LogP contribution in [0.1, 0.15) is 13.3 Å². The Bertz CT molecular complexity index is 630. The highest BCUT2D eigenvalue weighted by atomic mass is 79.9. The van der Waals surface area contributed by atoms with Gasteiger partial charge in [-0.1, -0.05) is 33.2 Å². The van der Waals surface area contributed by atoms with Gasteiger partial charge >= 0.3 is 0 Å². The molecule has 0 aliphatic heterocycles. The molecule has 0 radical (unpaired) electrons. The maximum Gasteiger partial charge on any atom is 0.140 e. The Labute approximate surface area is 126 Å². The van der Waals surface area contributed by atoms with Crippen molar-refractivity contribution in [1.29, 1.82) is 0 Å². The second-order valence-electron chi connectivity index (χ2n) is 4.39. The summed E-state index contributed by atoms with van der Waals surface area (Å²) in [7, 11) is 0. The zero-order chi connectivity index (χ0) is 14.5. The number of benzene rings is 1. The van der Waals surface area contributed by atoms with Gasteiger partial charge in [-0.2, -0.15) is 0 Å². The lowest BCUT2D eigenvalue weighted by atomic mass is 10.1. The summed E-state index contributed by atoms with van der Waals surface area (Å²) in [6.07, 6.45) is 2.30. The van der Waals surface area contributed by atoms with Crippen LogP contribution in [-0.4, -0.2) is 29.1 Å². The van der Waals surface area contributed by atoms with E-state index in [9.17, 15) is 0 Å². The summed E-state index contributed by atoms with van der Waals surface area (Å²) >= 11 is 3.56. The van der Waals surface area contributed by atoms with E-state index in [4.69, 9.17) is 10.9 Å². The number of halogens is 1. The minimum Gasteiger partial charge on any atom is -0.409 e. The molecule has 1 aromatic carbocycles.